The van der Waals surface area contributed by atoms with Gasteiger partial charge in [-0.3, -0.25) is 5.32 Å². The van der Waals surface area contributed by atoms with Crippen molar-refractivity contribution in [2.75, 3.05) is 33.2 Å². The van der Waals surface area contributed by atoms with Gasteiger partial charge in [-0.2, -0.15) is 5.26 Å². The molecule has 2 unspecified atom stereocenters. The van der Waals surface area contributed by atoms with Crippen LogP contribution in [0.1, 0.15) is 46.0 Å². The summed E-state index contributed by atoms with van der Waals surface area (Å²) in [6.45, 7) is 9.12. The zero-order chi connectivity index (χ0) is 14.6. The van der Waals surface area contributed by atoms with Gasteiger partial charge in [-0.05, 0) is 66.1 Å². The van der Waals surface area contributed by atoms with Crippen molar-refractivity contribution in [1.29, 1.82) is 5.26 Å². The van der Waals surface area contributed by atoms with Crippen LogP contribution < -0.4 is 5.32 Å². The third-order valence-corrected chi connectivity index (χ3v) is 4.86. The zero-order valence-corrected chi connectivity index (χ0v) is 13.4. The van der Waals surface area contributed by atoms with Crippen molar-refractivity contribution in [3.8, 4) is 6.07 Å². The van der Waals surface area contributed by atoms with Crippen LogP contribution in [-0.2, 0) is 0 Å². The Hall–Kier alpha value is -0.630. The minimum Gasteiger partial charge on any atom is -0.302 e. The van der Waals surface area contributed by atoms with Crippen molar-refractivity contribution in [3.63, 3.8) is 0 Å². The van der Waals surface area contributed by atoms with Gasteiger partial charge in [-0.1, -0.05) is 0 Å². The Kier molecular flexibility index (Phi) is 5.42. The minimum absolute atomic E-state index is 0.291. The molecule has 0 bridgehead atoms. The summed E-state index contributed by atoms with van der Waals surface area (Å²) in [4.78, 5) is 5.04. The third kappa shape index (κ3) is 3.94. The second-order valence-corrected chi connectivity index (χ2v) is 6.92. The molecule has 2 atom stereocenters. The Morgan fingerprint density at radius 3 is 2.70 bits per heavy atom. The van der Waals surface area contributed by atoms with Crippen LogP contribution in [0, 0.1) is 11.3 Å². The first-order valence-electron chi connectivity index (χ1n) is 8.16. The molecule has 2 rings (SSSR count). The lowest BCUT2D eigenvalue weighted by molar-refractivity contribution is 0.200. The molecule has 0 spiro atoms. The molecule has 1 N–H and O–H groups in total. The first kappa shape index (κ1) is 15.8. The van der Waals surface area contributed by atoms with E-state index in [4.69, 9.17) is 0 Å². The average Bonchev–Trinajstić information content (AvgIpc) is 3.05. The van der Waals surface area contributed by atoms with Gasteiger partial charge in [0.25, 0.3) is 0 Å². The molecule has 0 radical (unpaired) electrons. The Morgan fingerprint density at radius 2 is 2.10 bits per heavy atom. The molecule has 2 aliphatic rings. The van der Waals surface area contributed by atoms with E-state index in [9.17, 15) is 5.26 Å². The van der Waals surface area contributed by atoms with Crippen molar-refractivity contribution < 1.29 is 0 Å². The molecule has 1 aliphatic heterocycles. The topological polar surface area (TPSA) is 42.3 Å². The fraction of sp³-hybridized carbons (Fsp3) is 0.938. The highest BCUT2D eigenvalue weighted by atomic mass is 15.2. The van der Waals surface area contributed by atoms with Crippen LogP contribution in [0.4, 0.5) is 0 Å². The average molecular weight is 278 g/mol. The molecule has 0 amide bonds. The summed E-state index contributed by atoms with van der Waals surface area (Å²) in [7, 11) is 2.23. The van der Waals surface area contributed by atoms with E-state index < -0.39 is 0 Å². The molecule has 0 aromatic carbocycles. The summed E-state index contributed by atoms with van der Waals surface area (Å²) in [5.74, 6) is 0. The van der Waals surface area contributed by atoms with Crippen LogP contribution in [0.5, 0.6) is 0 Å². The summed E-state index contributed by atoms with van der Waals surface area (Å²) < 4.78 is 0. The van der Waals surface area contributed by atoms with Gasteiger partial charge in [0.2, 0.25) is 0 Å². The number of hydrogen-bond donors (Lipinski definition) is 1. The van der Waals surface area contributed by atoms with E-state index in [0.29, 0.717) is 12.1 Å². The molecule has 4 heteroatoms. The Balaban J connectivity index is 1.80. The lowest BCUT2D eigenvalue weighted by atomic mass is 9.98. The highest BCUT2D eigenvalue weighted by Crippen LogP contribution is 2.32. The van der Waals surface area contributed by atoms with Crippen molar-refractivity contribution in [2.45, 2.75) is 63.6 Å². The van der Waals surface area contributed by atoms with E-state index in [1.54, 1.807) is 0 Å². The van der Waals surface area contributed by atoms with Crippen molar-refractivity contribution in [3.05, 3.63) is 0 Å². The Labute approximate surface area is 124 Å². The molecule has 1 saturated carbocycles. The number of nitrogens with one attached hydrogen (secondary N) is 1. The van der Waals surface area contributed by atoms with Crippen LogP contribution in [-0.4, -0.2) is 60.6 Å². The number of likely N-dealkylation sites (tertiary alicyclic amines) is 1. The lowest BCUT2D eigenvalue weighted by Crippen LogP contribution is -2.47. The number of nitriles is 1. The highest BCUT2D eigenvalue weighted by Gasteiger charge is 2.41. The summed E-state index contributed by atoms with van der Waals surface area (Å²) in [6, 6.07) is 3.48. The van der Waals surface area contributed by atoms with Crippen molar-refractivity contribution in [2.24, 2.45) is 0 Å². The molecule has 20 heavy (non-hydrogen) atoms. The standard InChI is InChI=1S/C16H30N4/c1-14(2)18-16(13-17)7-6-15(12-16)19(3)10-11-20-8-4-5-9-20/h14-15,18H,4-12H2,1-3H3. The summed E-state index contributed by atoms with van der Waals surface area (Å²) in [5, 5.41) is 13.0. The highest BCUT2D eigenvalue weighted by molar-refractivity contribution is 5.13. The van der Waals surface area contributed by atoms with Crippen LogP contribution in [0.15, 0.2) is 0 Å². The monoisotopic (exact) mass is 278 g/mol. The van der Waals surface area contributed by atoms with Crippen LogP contribution in [0.3, 0.4) is 0 Å². The maximum atomic E-state index is 9.53. The number of likely N-dealkylation sites (N-methyl/N-ethyl adjacent to an activating group) is 1. The van der Waals surface area contributed by atoms with Crippen LogP contribution in [0.2, 0.25) is 0 Å². The van der Waals surface area contributed by atoms with Gasteiger partial charge in [0, 0.05) is 25.2 Å². The van der Waals surface area contributed by atoms with Crippen molar-refractivity contribution in [1.82, 2.24) is 15.1 Å². The largest absolute Gasteiger partial charge is 0.302 e. The Morgan fingerprint density at radius 1 is 1.40 bits per heavy atom. The zero-order valence-electron chi connectivity index (χ0n) is 13.4. The van der Waals surface area contributed by atoms with E-state index >= 15 is 0 Å². The van der Waals surface area contributed by atoms with Gasteiger partial charge >= 0.3 is 0 Å². The maximum absolute atomic E-state index is 9.53. The smallest absolute Gasteiger partial charge is 0.108 e. The van der Waals surface area contributed by atoms with E-state index in [0.717, 1.165) is 25.8 Å². The van der Waals surface area contributed by atoms with Gasteiger partial charge in [-0.15, -0.1) is 0 Å². The predicted molar refractivity (Wildman–Crippen MR) is 82.6 cm³/mol. The molecule has 0 aromatic heterocycles. The maximum Gasteiger partial charge on any atom is 0.108 e. The third-order valence-electron chi connectivity index (χ3n) is 4.86. The normalized spacial score (nSPS) is 31.3. The van der Waals surface area contributed by atoms with Gasteiger partial charge < -0.3 is 9.80 Å². The summed E-state index contributed by atoms with van der Waals surface area (Å²) in [5.41, 5.74) is -0.291. The fourth-order valence-electron chi connectivity index (χ4n) is 3.70. The first-order valence-corrected chi connectivity index (χ1v) is 8.16. The predicted octanol–water partition coefficient (Wildman–Crippen LogP) is 1.83. The van der Waals surface area contributed by atoms with E-state index in [2.05, 4.69) is 42.1 Å². The fourth-order valence-corrected chi connectivity index (χ4v) is 3.70. The minimum atomic E-state index is -0.291. The molecular weight excluding hydrogens is 248 g/mol. The quantitative estimate of drug-likeness (QED) is 0.805. The van der Waals surface area contributed by atoms with Gasteiger partial charge in [-0.25, -0.2) is 0 Å². The van der Waals surface area contributed by atoms with Gasteiger partial charge in [0.15, 0.2) is 0 Å². The van der Waals surface area contributed by atoms with Crippen LogP contribution in [0.25, 0.3) is 0 Å². The van der Waals surface area contributed by atoms with Gasteiger partial charge in [0.05, 0.1) is 6.07 Å². The van der Waals surface area contributed by atoms with Crippen LogP contribution >= 0.6 is 0 Å². The molecule has 1 aliphatic carbocycles. The molecule has 114 valence electrons. The molecular formula is C16H30N4. The number of rotatable bonds is 6. The molecule has 1 heterocycles. The van der Waals surface area contributed by atoms with E-state index in [1.807, 2.05) is 0 Å². The Bertz CT molecular complexity index is 343. The molecule has 4 nitrogen and oxygen atoms in total. The number of nitrogens with zero attached hydrogens (tertiary/aromatic N) is 3. The lowest BCUT2D eigenvalue weighted by Gasteiger charge is -2.29. The van der Waals surface area contributed by atoms with E-state index in [1.165, 1.54) is 32.5 Å². The number of hydrogen-bond acceptors (Lipinski definition) is 4. The molecule has 2 fully saturated rings. The van der Waals surface area contributed by atoms with E-state index in [-0.39, 0.29) is 5.54 Å². The summed E-state index contributed by atoms with van der Waals surface area (Å²) in [6.07, 6.45) is 5.83. The molecule has 1 saturated heterocycles. The van der Waals surface area contributed by atoms with Crippen molar-refractivity contribution >= 4 is 0 Å². The summed E-state index contributed by atoms with van der Waals surface area (Å²) >= 11 is 0. The van der Waals surface area contributed by atoms with Gasteiger partial charge in [0.1, 0.15) is 5.54 Å². The SMILES string of the molecule is CC(C)NC1(C#N)CCC(N(C)CCN2CCCC2)C1. The second-order valence-electron chi connectivity index (χ2n) is 6.92. The first-order chi connectivity index (χ1) is 9.54. The second kappa shape index (κ2) is 6.89. The molecule has 0 aromatic rings.